The van der Waals surface area contributed by atoms with Crippen molar-refractivity contribution in [1.29, 1.82) is 5.26 Å². The lowest BCUT2D eigenvalue weighted by Gasteiger charge is -2.32. The molecule has 0 bridgehead atoms. The number of carbonyl (C=O) groups excluding carboxylic acids is 1. The number of hydrogen-bond donors (Lipinski definition) is 1. The number of piperazine rings is 1. The first-order valence-electron chi connectivity index (χ1n) is 5.82. The van der Waals surface area contributed by atoms with E-state index in [1.807, 2.05) is 30.3 Å². The molecule has 0 saturated carbocycles. The topological polar surface area (TPSA) is 65.4 Å². The number of methoxy groups -OCH3 is 1. The Hall–Kier alpha value is -2.06. The molecule has 94 valence electrons. The molecular weight excluding hydrogens is 230 g/mol. The van der Waals surface area contributed by atoms with Crippen molar-refractivity contribution in [3.05, 3.63) is 24.3 Å². The molecule has 1 atom stereocenters. The SMILES string of the molecule is COc1cccc(N2CCNC(CC#N)C2=O)c1. The van der Waals surface area contributed by atoms with Crippen LogP contribution in [0.3, 0.4) is 0 Å². The number of anilines is 1. The van der Waals surface area contributed by atoms with Crippen molar-refractivity contribution in [3.8, 4) is 11.8 Å². The third kappa shape index (κ3) is 2.44. The lowest BCUT2D eigenvalue weighted by atomic mass is 10.1. The number of nitriles is 1. The van der Waals surface area contributed by atoms with E-state index in [1.165, 1.54) is 0 Å². The molecule has 1 aromatic carbocycles. The van der Waals surface area contributed by atoms with E-state index in [4.69, 9.17) is 10.00 Å². The molecule has 1 saturated heterocycles. The smallest absolute Gasteiger partial charge is 0.245 e. The first-order valence-corrected chi connectivity index (χ1v) is 5.82. The quantitative estimate of drug-likeness (QED) is 0.859. The molecule has 1 fully saturated rings. The highest BCUT2D eigenvalue weighted by molar-refractivity contribution is 5.98. The van der Waals surface area contributed by atoms with E-state index < -0.39 is 6.04 Å². The molecule has 1 aromatic rings. The summed E-state index contributed by atoms with van der Waals surface area (Å²) in [7, 11) is 1.59. The maximum atomic E-state index is 12.2. The standard InChI is InChI=1S/C13H15N3O2/c1-18-11-4-2-3-10(9-11)16-8-7-15-12(5-6-14)13(16)17/h2-4,9,12,15H,5,7-8H2,1H3. The predicted octanol–water partition coefficient (Wildman–Crippen LogP) is 0.914. The summed E-state index contributed by atoms with van der Waals surface area (Å²) in [6, 6.07) is 9.00. The van der Waals surface area contributed by atoms with Crippen LogP contribution in [-0.2, 0) is 4.79 Å². The zero-order valence-electron chi connectivity index (χ0n) is 10.2. The number of nitrogens with zero attached hydrogens (tertiary/aromatic N) is 2. The van der Waals surface area contributed by atoms with Gasteiger partial charge in [0, 0.05) is 24.8 Å². The molecular formula is C13H15N3O2. The van der Waals surface area contributed by atoms with E-state index in [0.717, 1.165) is 11.4 Å². The van der Waals surface area contributed by atoms with Gasteiger partial charge in [-0.15, -0.1) is 0 Å². The number of nitrogens with one attached hydrogen (secondary N) is 1. The molecule has 1 unspecified atom stereocenters. The van der Waals surface area contributed by atoms with Gasteiger partial charge in [0.2, 0.25) is 5.91 Å². The number of rotatable bonds is 3. The molecule has 0 radical (unpaired) electrons. The normalized spacial score (nSPS) is 19.4. The summed E-state index contributed by atoms with van der Waals surface area (Å²) < 4.78 is 5.15. The van der Waals surface area contributed by atoms with Crippen molar-refractivity contribution in [3.63, 3.8) is 0 Å². The maximum Gasteiger partial charge on any atom is 0.245 e. The van der Waals surface area contributed by atoms with Crippen molar-refractivity contribution in [1.82, 2.24) is 5.32 Å². The number of amides is 1. The molecule has 1 aliphatic heterocycles. The Morgan fingerprint density at radius 1 is 1.61 bits per heavy atom. The number of benzene rings is 1. The van der Waals surface area contributed by atoms with Crippen LogP contribution in [0.1, 0.15) is 6.42 Å². The summed E-state index contributed by atoms with van der Waals surface area (Å²) in [6.07, 6.45) is 0.194. The molecule has 1 amide bonds. The minimum atomic E-state index is -0.407. The lowest BCUT2D eigenvalue weighted by molar-refractivity contribution is -0.121. The van der Waals surface area contributed by atoms with E-state index in [2.05, 4.69) is 5.32 Å². The Morgan fingerprint density at radius 3 is 3.17 bits per heavy atom. The largest absolute Gasteiger partial charge is 0.497 e. The van der Waals surface area contributed by atoms with Crippen molar-refractivity contribution >= 4 is 11.6 Å². The maximum absolute atomic E-state index is 12.2. The molecule has 1 aliphatic rings. The highest BCUT2D eigenvalue weighted by Gasteiger charge is 2.29. The fourth-order valence-electron chi connectivity index (χ4n) is 2.02. The van der Waals surface area contributed by atoms with Gasteiger partial charge in [0.15, 0.2) is 0 Å². The fraction of sp³-hybridized carbons (Fsp3) is 0.385. The molecule has 0 spiro atoms. The van der Waals surface area contributed by atoms with E-state index in [-0.39, 0.29) is 12.3 Å². The summed E-state index contributed by atoms with van der Waals surface area (Å²) in [5.41, 5.74) is 0.809. The third-order valence-corrected chi connectivity index (χ3v) is 2.95. The van der Waals surface area contributed by atoms with Gasteiger partial charge in [-0.25, -0.2) is 0 Å². The van der Waals surface area contributed by atoms with Gasteiger partial charge in [-0.05, 0) is 12.1 Å². The van der Waals surface area contributed by atoms with Crippen molar-refractivity contribution in [2.45, 2.75) is 12.5 Å². The van der Waals surface area contributed by atoms with Gasteiger partial charge in [0.1, 0.15) is 11.8 Å². The average Bonchev–Trinajstić information content (AvgIpc) is 2.41. The highest BCUT2D eigenvalue weighted by atomic mass is 16.5. The van der Waals surface area contributed by atoms with E-state index >= 15 is 0 Å². The van der Waals surface area contributed by atoms with E-state index in [1.54, 1.807) is 12.0 Å². The Labute approximate surface area is 106 Å². The minimum Gasteiger partial charge on any atom is -0.497 e. The summed E-state index contributed by atoms with van der Waals surface area (Å²) in [5, 5.41) is 11.7. The van der Waals surface area contributed by atoms with Crippen LogP contribution < -0.4 is 15.0 Å². The molecule has 1 heterocycles. The first kappa shape index (κ1) is 12.4. The van der Waals surface area contributed by atoms with Crippen LogP contribution in [0.5, 0.6) is 5.75 Å². The lowest BCUT2D eigenvalue weighted by Crippen LogP contribution is -2.55. The van der Waals surface area contributed by atoms with Gasteiger partial charge in [-0.3, -0.25) is 4.79 Å². The van der Waals surface area contributed by atoms with E-state index in [0.29, 0.717) is 13.1 Å². The number of ether oxygens (including phenoxy) is 1. The Bertz CT molecular complexity index is 481. The van der Waals surface area contributed by atoms with Gasteiger partial charge in [0.05, 0.1) is 19.6 Å². The van der Waals surface area contributed by atoms with Gasteiger partial charge >= 0.3 is 0 Å². The molecule has 5 nitrogen and oxygen atoms in total. The van der Waals surface area contributed by atoms with Crippen LogP contribution >= 0.6 is 0 Å². The summed E-state index contributed by atoms with van der Waals surface area (Å²) in [5.74, 6) is 0.659. The van der Waals surface area contributed by atoms with Crippen LogP contribution in [0.25, 0.3) is 0 Å². The number of carbonyl (C=O) groups is 1. The summed E-state index contributed by atoms with van der Waals surface area (Å²) in [6.45, 7) is 1.29. The second kappa shape index (κ2) is 5.52. The van der Waals surface area contributed by atoms with Gasteiger partial charge in [0.25, 0.3) is 0 Å². The molecule has 1 N–H and O–H groups in total. The first-order chi connectivity index (χ1) is 8.76. The fourth-order valence-corrected chi connectivity index (χ4v) is 2.02. The second-order valence-corrected chi connectivity index (χ2v) is 4.06. The van der Waals surface area contributed by atoms with Gasteiger partial charge < -0.3 is 15.0 Å². The Balaban J connectivity index is 2.21. The third-order valence-electron chi connectivity index (χ3n) is 2.95. The zero-order valence-corrected chi connectivity index (χ0v) is 10.2. The summed E-state index contributed by atoms with van der Waals surface area (Å²) >= 11 is 0. The molecule has 5 heteroatoms. The molecule has 18 heavy (non-hydrogen) atoms. The van der Waals surface area contributed by atoms with Crippen molar-refractivity contribution in [2.24, 2.45) is 0 Å². The van der Waals surface area contributed by atoms with E-state index in [9.17, 15) is 4.79 Å². The Kier molecular flexibility index (Phi) is 3.80. The van der Waals surface area contributed by atoms with Gasteiger partial charge in [-0.1, -0.05) is 6.07 Å². The highest BCUT2D eigenvalue weighted by Crippen LogP contribution is 2.22. The van der Waals surface area contributed by atoms with Crippen molar-refractivity contribution in [2.75, 3.05) is 25.1 Å². The van der Waals surface area contributed by atoms with Crippen molar-refractivity contribution < 1.29 is 9.53 Å². The molecule has 2 rings (SSSR count). The van der Waals surface area contributed by atoms with Crippen LogP contribution in [0.2, 0.25) is 0 Å². The molecule has 0 aromatic heterocycles. The number of hydrogen-bond acceptors (Lipinski definition) is 4. The van der Waals surface area contributed by atoms with Crippen LogP contribution in [0.15, 0.2) is 24.3 Å². The van der Waals surface area contributed by atoms with Crippen LogP contribution in [-0.4, -0.2) is 32.1 Å². The Morgan fingerprint density at radius 2 is 2.44 bits per heavy atom. The monoisotopic (exact) mass is 245 g/mol. The molecule has 0 aliphatic carbocycles. The zero-order chi connectivity index (χ0) is 13.0. The predicted molar refractivity (Wildman–Crippen MR) is 67.4 cm³/mol. The minimum absolute atomic E-state index is 0.0592. The van der Waals surface area contributed by atoms with Crippen LogP contribution in [0.4, 0.5) is 5.69 Å². The van der Waals surface area contributed by atoms with Crippen LogP contribution in [0, 0.1) is 11.3 Å². The average molecular weight is 245 g/mol. The van der Waals surface area contributed by atoms with Gasteiger partial charge in [-0.2, -0.15) is 5.26 Å². The second-order valence-electron chi connectivity index (χ2n) is 4.06. The summed E-state index contributed by atoms with van der Waals surface area (Å²) in [4.78, 5) is 13.9.